The van der Waals surface area contributed by atoms with E-state index in [1.54, 1.807) is 19.1 Å². The molecule has 3 aromatic rings. The van der Waals surface area contributed by atoms with E-state index in [1.807, 2.05) is 36.4 Å². The lowest BCUT2D eigenvalue weighted by Crippen LogP contribution is -2.33. The van der Waals surface area contributed by atoms with E-state index in [1.165, 1.54) is 12.3 Å². The van der Waals surface area contributed by atoms with E-state index in [-0.39, 0.29) is 5.00 Å². The number of nitrogens with zero attached hydrogens (tertiary/aromatic N) is 2. The predicted octanol–water partition coefficient (Wildman–Crippen LogP) is 3.73. The molecule has 0 aliphatic carbocycles. The summed E-state index contributed by atoms with van der Waals surface area (Å²) in [5.74, 6) is 0.198. The molecule has 1 amide bonds. The highest BCUT2D eigenvalue weighted by Crippen LogP contribution is 2.26. The van der Waals surface area contributed by atoms with Crippen LogP contribution >= 0.6 is 11.3 Å². The van der Waals surface area contributed by atoms with Crippen molar-refractivity contribution in [3.05, 3.63) is 69.6 Å². The van der Waals surface area contributed by atoms with Crippen LogP contribution in [-0.4, -0.2) is 23.1 Å². The first-order chi connectivity index (χ1) is 12.5. The van der Waals surface area contributed by atoms with Gasteiger partial charge in [0.1, 0.15) is 5.75 Å². The second kappa shape index (κ2) is 7.75. The van der Waals surface area contributed by atoms with Crippen molar-refractivity contribution in [2.45, 2.75) is 13.0 Å². The molecule has 8 heteroatoms. The lowest BCUT2D eigenvalue weighted by molar-refractivity contribution is -0.380. The molecule has 0 aliphatic rings. The molecule has 1 aromatic heterocycles. The lowest BCUT2D eigenvalue weighted by atomic mass is 10.1. The van der Waals surface area contributed by atoms with Gasteiger partial charge in [0.25, 0.3) is 5.91 Å². The number of hydrazone groups is 1. The van der Waals surface area contributed by atoms with Crippen LogP contribution in [0.25, 0.3) is 10.8 Å². The van der Waals surface area contributed by atoms with Crippen LogP contribution in [0.2, 0.25) is 0 Å². The van der Waals surface area contributed by atoms with Crippen molar-refractivity contribution >= 4 is 39.2 Å². The summed E-state index contributed by atoms with van der Waals surface area (Å²) < 4.78 is 5.76. The van der Waals surface area contributed by atoms with E-state index >= 15 is 0 Å². The normalized spacial score (nSPS) is 12.2. The molecule has 0 fully saturated rings. The van der Waals surface area contributed by atoms with Crippen molar-refractivity contribution in [3.63, 3.8) is 0 Å². The Balaban J connectivity index is 1.62. The number of hydrogen-bond acceptors (Lipinski definition) is 6. The van der Waals surface area contributed by atoms with Gasteiger partial charge in [-0.1, -0.05) is 47.7 Å². The minimum atomic E-state index is -0.754. The first-order valence-corrected chi connectivity index (χ1v) is 8.58. The molecule has 1 N–H and O–H groups in total. The molecule has 0 radical (unpaired) electrons. The van der Waals surface area contributed by atoms with Gasteiger partial charge < -0.3 is 4.74 Å². The van der Waals surface area contributed by atoms with Crippen molar-refractivity contribution in [2.75, 3.05) is 0 Å². The summed E-state index contributed by atoms with van der Waals surface area (Å²) in [5.41, 5.74) is 2.38. The van der Waals surface area contributed by atoms with Crippen LogP contribution in [0, 0.1) is 10.1 Å². The molecular formula is C18H15N3O4S. The highest BCUT2D eigenvalue weighted by molar-refractivity contribution is 7.16. The minimum absolute atomic E-state index is 0.0189. The summed E-state index contributed by atoms with van der Waals surface area (Å²) in [7, 11) is 0. The molecule has 0 saturated heterocycles. The van der Waals surface area contributed by atoms with E-state index < -0.39 is 16.9 Å². The number of rotatable bonds is 6. The molecule has 132 valence electrons. The lowest BCUT2D eigenvalue weighted by Gasteiger charge is -2.14. The van der Waals surface area contributed by atoms with E-state index in [2.05, 4.69) is 10.5 Å². The Morgan fingerprint density at radius 1 is 1.23 bits per heavy atom. The van der Waals surface area contributed by atoms with Gasteiger partial charge in [-0.3, -0.25) is 14.9 Å². The number of nitrogens with one attached hydrogen (secondary N) is 1. The third-order valence-corrected chi connectivity index (χ3v) is 4.55. The molecule has 1 atom stereocenters. The maximum Gasteiger partial charge on any atom is 0.324 e. The smallest absolute Gasteiger partial charge is 0.324 e. The second-order valence-electron chi connectivity index (χ2n) is 5.40. The fourth-order valence-corrected chi connectivity index (χ4v) is 3.00. The van der Waals surface area contributed by atoms with Crippen molar-refractivity contribution in [2.24, 2.45) is 5.10 Å². The topological polar surface area (TPSA) is 93.8 Å². The average Bonchev–Trinajstić information content (AvgIpc) is 3.11. The number of hydrogen-bond donors (Lipinski definition) is 1. The number of carbonyl (C=O) groups excluding carboxylic acids is 1. The van der Waals surface area contributed by atoms with Crippen LogP contribution in [0.15, 0.2) is 59.7 Å². The van der Waals surface area contributed by atoms with Gasteiger partial charge in [0.15, 0.2) is 6.10 Å². The number of benzene rings is 2. The van der Waals surface area contributed by atoms with Gasteiger partial charge in [0, 0.05) is 11.5 Å². The van der Waals surface area contributed by atoms with E-state index in [9.17, 15) is 14.9 Å². The predicted molar refractivity (Wildman–Crippen MR) is 101 cm³/mol. The molecule has 0 bridgehead atoms. The number of thiophene rings is 1. The van der Waals surface area contributed by atoms with E-state index in [0.717, 1.165) is 22.1 Å². The van der Waals surface area contributed by atoms with E-state index in [0.29, 0.717) is 10.6 Å². The SMILES string of the molecule is C[C@H](Oc1cccc2ccccc12)C(=O)N/N=C\c1ccc([N+](=O)[O-])s1. The number of amides is 1. The second-order valence-corrected chi connectivity index (χ2v) is 6.50. The largest absolute Gasteiger partial charge is 0.480 e. The molecular weight excluding hydrogens is 354 g/mol. The fourth-order valence-electron chi connectivity index (χ4n) is 2.30. The van der Waals surface area contributed by atoms with Crippen molar-refractivity contribution < 1.29 is 14.5 Å². The number of ether oxygens (including phenoxy) is 1. The van der Waals surface area contributed by atoms with Gasteiger partial charge in [-0.05, 0) is 24.4 Å². The van der Waals surface area contributed by atoms with E-state index in [4.69, 9.17) is 4.74 Å². The maximum atomic E-state index is 12.1. The number of fused-ring (bicyclic) bond motifs is 1. The zero-order valence-electron chi connectivity index (χ0n) is 13.8. The quantitative estimate of drug-likeness (QED) is 0.407. The van der Waals surface area contributed by atoms with Crippen LogP contribution in [0.4, 0.5) is 5.00 Å². The summed E-state index contributed by atoms with van der Waals surface area (Å²) >= 11 is 0.974. The molecule has 7 nitrogen and oxygen atoms in total. The molecule has 0 saturated carbocycles. The summed E-state index contributed by atoms with van der Waals surface area (Å²) in [6, 6.07) is 16.3. The average molecular weight is 369 g/mol. The van der Waals surface area contributed by atoms with Crippen molar-refractivity contribution in [3.8, 4) is 5.75 Å². The van der Waals surface area contributed by atoms with Crippen LogP contribution in [0.5, 0.6) is 5.75 Å². The van der Waals surface area contributed by atoms with Gasteiger partial charge in [-0.15, -0.1) is 0 Å². The molecule has 1 heterocycles. The Morgan fingerprint density at radius 2 is 2.00 bits per heavy atom. The Labute approximate surface area is 153 Å². The van der Waals surface area contributed by atoms with Crippen molar-refractivity contribution in [1.29, 1.82) is 0 Å². The summed E-state index contributed by atoms with van der Waals surface area (Å²) in [5, 5.41) is 16.4. The number of nitro groups is 1. The number of carbonyl (C=O) groups is 1. The first kappa shape index (κ1) is 17.6. The highest BCUT2D eigenvalue weighted by Gasteiger charge is 2.15. The van der Waals surface area contributed by atoms with Gasteiger partial charge in [-0.25, -0.2) is 5.43 Å². The molecule has 0 spiro atoms. The van der Waals surface area contributed by atoms with Crippen molar-refractivity contribution in [1.82, 2.24) is 5.43 Å². The maximum absolute atomic E-state index is 12.1. The van der Waals surface area contributed by atoms with Crippen LogP contribution in [-0.2, 0) is 4.79 Å². The molecule has 0 unspecified atom stereocenters. The standard InChI is InChI=1S/C18H15N3O4S/c1-12(25-16-8-4-6-13-5-2-3-7-15(13)16)18(22)20-19-11-14-9-10-17(26-14)21(23)24/h2-12H,1H3,(H,20,22)/b19-11-/t12-/m0/s1. The molecule has 0 aliphatic heterocycles. The highest BCUT2D eigenvalue weighted by atomic mass is 32.1. The Bertz CT molecular complexity index is 978. The Hall–Kier alpha value is -3.26. The molecule has 3 rings (SSSR count). The zero-order valence-corrected chi connectivity index (χ0v) is 14.6. The minimum Gasteiger partial charge on any atom is -0.480 e. The summed E-state index contributed by atoms with van der Waals surface area (Å²) in [6.45, 7) is 1.63. The van der Waals surface area contributed by atoms with Crippen LogP contribution in [0.3, 0.4) is 0 Å². The van der Waals surface area contributed by atoms with Gasteiger partial charge in [0.2, 0.25) is 0 Å². The molecule has 26 heavy (non-hydrogen) atoms. The monoisotopic (exact) mass is 369 g/mol. The van der Waals surface area contributed by atoms with Gasteiger partial charge in [0.05, 0.1) is 16.0 Å². The Kier molecular flexibility index (Phi) is 5.23. The van der Waals surface area contributed by atoms with Crippen LogP contribution < -0.4 is 10.2 Å². The zero-order chi connectivity index (χ0) is 18.5. The van der Waals surface area contributed by atoms with Gasteiger partial charge >= 0.3 is 5.00 Å². The summed E-state index contributed by atoms with van der Waals surface area (Å²) in [6.07, 6.45) is 0.607. The summed E-state index contributed by atoms with van der Waals surface area (Å²) in [4.78, 5) is 22.9. The van der Waals surface area contributed by atoms with Gasteiger partial charge in [-0.2, -0.15) is 5.10 Å². The van der Waals surface area contributed by atoms with Crippen LogP contribution in [0.1, 0.15) is 11.8 Å². The first-order valence-electron chi connectivity index (χ1n) is 7.76. The fraction of sp³-hybridized carbons (Fsp3) is 0.111. The molecule has 2 aromatic carbocycles. The third-order valence-electron chi connectivity index (χ3n) is 3.58. The third kappa shape index (κ3) is 4.04. The Morgan fingerprint density at radius 3 is 2.77 bits per heavy atom.